The molecule has 2 aliphatic rings. The lowest BCUT2D eigenvalue weighted by Gasteiger charge is -2.48. The van der Waals surface area contributed by atoms with Crippen LogP contribution < -0.4 is 5.32 Å². The van der Waals surface area contributed by atoms with Gasteiger partial charge in [-0.25, -0.2) is 4.39 Å². The first-order valence-corrected chi connectivity index (χ1v) is 12.8. The first-order chi connectivity index (χ1) is 17.6. The lowest BCUT2D eigenvalue weighted by Crippen LogP contribution is -2.65. The number of nitrogens with zero attached hydrogens (tertiary/aromatic N) is 2. The summed E-state index contributed by atoms with van der Waals surface area (Å²) in [6, 6.07) is 16.4. The number of methoxy groups -OCH3 is 1. The minimum absolute atomic E-state index is 0.0114. The molecule has 0 radical (unpaired) electrons. The Morgan fingerprint density at radius 2 is 1.62 bits per heavy atom. The largest absolute Gasteiger partial charge is 0.374 e. The van der Waals surface area contributed by atoms with Gasteiger partial charge in [0.2, 0.25) is 17.7 Å². The molecule has 1 N–H and O–H groups in total. The molecule has 0 spiro atoms. The third-order valence-corrected chi connectivity index (χ3v) is 7.54. The summed E-state index contributed by atoms with van der Waals surface area (Å²) >= 11 is 0. The second-order valence-corrected chi connectivity index (χ2v) is 10.5. The summed E-state index contributed by atoms with van der Waals surface area (Å²) in [5, 5.41) is 3.09. The average Bonchev–Trinajstić information content (AvgIpc) is 3.26. The molecule has 198 valence electrons. The molecular formula is C29H36FN3O4. The predicted molar refractivity (Wildman–Crippen MR) is 139 cm³/mol. The Balaban J connectivity index is 1.52. The van der Waals surface area contributed by atoms with Crippen molar-refractivity contribution in [3.8, 4) is 0 Å². The molecule has 3 amide bonds. The molecule has 0 aliphatic carbocycles. The summed E-state index contributed by atoms with van der Waals surface area (Å²) in [5.41, 5.74) is 2.20. The Labute approximate surface area is 218 Å². The Kier molecular flexibility index (Phi) is 7.97. The fourth-order valence-electron chi connectivity index (χ4n) is 5.19. The fourth-order valence-corrected chi connectivity index (χ4v) is 5.19. The minimum Gasteiger partial charge on any atom is -0.374 e. The number of carbonyl (C=O) groups is 3. The highest BCUT2D eigenvalue weighted by atomic mass is 19.1. The zero-order valence-corrected chi connectivity index (χ0v) is 21.9. The van der Waals surface area contributed by atoms with Crippen molar-refractivity contribution in [3.05, 3.63) is 71.3 Å². The van der Waals surface area contributed by atoms with E-state index in [-0.39, 0.29) is 37.1 Å². The van der Waals surface area contributed by atoms with Gasteiger partial charge in [-0.1, -0.05) is 68.4 Å². The van der Waals surface area contributed by atoms with Crippen LogP contribution in [-0.2, 0) is 19.1 Å². The van der Waals surface area contributed by atoms with E-state index in [1.807, 2.05) is 42.5 Å². The van der Waals surface area contributed by atoms with E-state index in [0.717, 1.165) is 11.1 Å². The van der Waals surface area contributed by atoms with Gasteiger partial charge in [-0.15, -0.1) is 0 Å². The van der Waals surface area contributed by atoms with E-state index in [1.54, 1.807) is 4.90 Å². The summed E-state index contributed by atoms with van der Waals surface area (Å²) < 4.78 is 20.1. The van der Waals surface area contributed by atoms with Gasteiger partial charge in [-0.3, -0.25) is 14.4 Å². The van der Waals surface area contributed by atoms with Crippen LogP contribution in [0.25, 0.3) is 0 Å². The van der Waals surface area contributed by atoms with Crippen LogP contribution in [0.1, 0.15) is 62.3 Å². The van der Waals surface area contributed by atoms with Gasteiger partial charge in [0, 0.05) is 20.5 Å². The maximum Gasteiger partial charge on any atom is 0.243 e. The van der Waals surface area contributed by atoms with Crippen LogP contribution in [0.5, 0.6) is 0 Å². The molecule has 2 aromatic carbocycles. The maximum atomic E-state index is 14.6. The Bertz CT molecular complexity index is 1120. The molecule has 0 aromatic heterocycles. The number of likely N-dealkylation sites (tertiary alicyclic amines) is 2. The minimum atomic E-state index is -1.28. The molecule has 2 heterocycles. The molecule has 3 atom stereocenters. The van der Waals surface area contributed by atoms with E-state index in [1.165, 1.54) is 24.5 Å². The van der Waals surface area contributed by atoms with Gasteiger partial charge in [0.1, 0.15) is 17.8 Å². The van der Waals surface area contributed by atoms with Crippen LogP contribution in [0.4, 0.5) is 4.39 Å². The maximum absolute atomic E-state index is 14.6. The SMILES string of the molecule is COC1(CC(=O)N2C[C@H](F)C[C@H]2C(=O)N[C@@H](c2ccccc2)c2ccc(C(C)C)cc2)CN(C(C)=O)C1. The van der Waals surface area contributed by atoms with Gasteiger partial charge in [0.15, 0.2) is 0 Å². The fraction of sp³-hybridized carbons (Fsp3) is 0.483. The Hall–Kier alpha value is -3.26. The van der Waals surface area contributed by atoms with Gasteiger partial charge in [-0.05, 0) is 22.6 Å². The quantitative estimate of drug-likeness (QED) is 0.590. The van der Waals surface area contributed by atoms with Crippen LogP contribution in [-0.4, -0.2) is 72.1 Å². The molecule has 4 rings (SSSR count). The van der Waals surface area contributed by atoms with Crippen molar-refractivity contribution in [2.75, 3.05) is 26.7 Å². The molecular weight excluding hydrogens is 473 g/mol. The van der Waals surface area contributed by atoms with Gasteiger partial charge < -0.3 is 19.9 Å². The molecule has 2 aromatic rings. The van der Waals surface area contributed by atoms with Crippen molar-refractivity contribution in [3.63, 3.8) is 0 Å². The van der Waals surface area contributed by atoms with Crippen molar-refractivity contribution >= 4 is 17.7 Å². The summed E-state index contributed by atoms with van der Waals surface area (Å²) in [7, 11) is 1.51. The van der Waals surface area contributed by atoms with Gasteiger partial charge in [-0.2, -0.15) is 0 Å². The number of hydrogen-bond donors (Lipinski definition) is 1. The van der Waals surface area contributed by atoms with Crippen LogP contribution >= 0.6 is 0 Å². The standard InChI is InChI=1S/C29H36FN3O4/c1-19(2)21-10-12-23(13-11-21)27(22-8-6-5-7-9-22)31-28(36)25-14-24(30)16-33(25)26(35)15-29(37-4)17-32(18-29)20(3)34/h5-13,19,24-25,27H,14-18H2,1-4H3,(H,31,36)/t24-,25+,27+/m1/s1. The summed E-state index contributed by atoms with van der Waals surface area (Å²) in [5.74, 6) is -0.439. The van der Waals surface area contributed by atoms with Crippen molar-refractivity contribution < 1.29 is 23.5 Å². The number of ether oxygens (including phenoxy) is 1. The van der Waals surface area contributed by atoms with Crippen molar-refractivity contribution in [1.29, 1.82) is 0 Å². The van der Waals surface area contributed by atoms with Crippen LogP contribution in [0.3, 0.4) is 0 Å². The summed E-state index contributed by atoms with van der Waals surface area (Å²) in [6.07, 6.45) is -1.35. The zero-order chi connectivity index (χ0) is 26.7. The van der Waals surface area contributed by atoms with Gasteiger partial charge >= 0.3 is 0 Å². The first kappa shape index (κ1) is 26.8. The number of amides is 3. The molecule has 2 saturated heterocycles. The number of halogens is 1. The molecule has 2 fully saturated rings. The molecule has 37 heavy (non-hydrogen) atoms. The Morgan fingerprint density at radius 1 is 1.03 bits per heavy atom. The average molecular weight is 510 g/mol. The van der Waals surface area contributed by atoms with E-state index in [4.69, 9.17) is 4.74 Å². The van der Waals surface area contributed by atoms with E-state index < -0.39 is 23.9 Å². The summed E-state index contributed by atoms with van der Waals surface area (Å²) in [6.45, 7) is 6.19. The first-order valence-electron chi connectivity index (χ1n) is 12.8. The van der Waals surface area contributed by atoms with Crippen LogP contribution in [0.15, 0.2) is 54.6 Å². The number of hydrogen-bond acceptors (Lipinski definition) is 4. The highest BCUT2D eigenvalue weighted by molar-refractivity contribution is 5.89. The number of benzene rings is 2. The zero-order valence-electron chi connectivity index (χ0n) is 21.9. The third-order valence-electron chi connectivity index (χ3n) is 7.54. The lowest BCUT2D eigenvalue weighted by molar-refractivity contribution is -0.169. The van der Waals surface area contributed by atoms with Crippen LogP contribution in [0, 0.1) is 0 Å². The normalized spacial score (nSPS) is 21.5. The molecule has 2 aliphatic heterocycles. The molecule has 0 bridgehead atoms. The predicted octanol–water partition coefficient (Wildman–Crippen LogP) is 3.59. The second-order valence-electron chi connectivity index (χ2n) is 10.5. The monoisotopic (exact) mass is 509 g/mol. The van der Waals surface area contributed by atoms with E-state index in [2.05, 4.69) is 31.3 Å². The molecule has 0 unspecified atom stereocenters. The second kappa shape index (κ2) is 11.0. The van der Waals surface area contributed by atoms with E-state index in [9.17, 15) is 18.8 Å². The van der Waals surface area contributed by atoms with Crippen molar-refractivity contribution in [1.82, 2.24) is 15.1 Å². The van der Waals surface area contributed by atoms with Crippen molar-refractivity contribution in [2.45, 2.75) is 63.4 Å². The molecule has 0 saturated carbocycles. The molecule has 7 nitrogen and oxygen atoms in total. The van der Waals surface area contributed by atoms with Crippen LogP contribution in [0.2, 0.25) is 0 Å². The van der Waals surface area contributed by atoms with E-state index >= 15 is 0 Å². The number of nitrogens with one attached hydrogen (secondary N) is 1. The summed E-state index contributed by atoms with van der Waals surface area (Å²) in [4.78, 5) is 41.4. The smallest absolute Gasteiger partial charge is 0.243 e. The number of rotatable bonds is 8. The van der Waals surface area contributed by atoms with Crippen molar-refractivity contribution in [2.24, 2.45) is 0 Å². The third kappa shape index (κ3) is 5.85. The highest BCUT2D eigenvalue weighted by Crippen LogP contribution is 2.32. The number of alkyl halides is 1. The number of carbonyl (C=O) groups excluding carboxylic acids is 3. The van der Waals surface area contributed by atoms with Gasteiger partial charge in [0.25, 0.3) is 0 Å². The van der Waals surface area contributed by atoms with E-state index in [0.29, 0.717) is 19.0 Å². The molecule has 8 heteroatoms. The topological polar surface area (TPSA) is 79.0 Å². The highest BCUT2D eigenvalue weighted by Gasteiger charge is 2.49. The van der Waals surface area contributed by atoms with Gasteiger partial charge in [0.05, 0.1) is 32.1 Å². The lowest BCUT2D eigenvalue weighted by atomic mass is 9.89. The Morgan fingerprint density at radius 3 is 2.19 bits per heavy atom.